The molecule has 0 unspecified atom stereocenters. The second-order valence-corrected chi connectivity index (χ2v) is 3.93. The van der Waals surface area contributed by atoms with Gasteiger partial charge in [0.05, 0.1) is 0 Å². The van der Waals surface area contributed by atoms with E-state index >= 15 is 0 Å². The summed E-state index contributed by atoms with van der Waals surface area (Å²) < 4.78 is 0. The van der Waals surface area contributed by atoms with Gasteiger partial charge in [0.25, 0.3) is 0 Å². The zero-order chi connectivity index (χ0) is 13.4. The largest absolute Gasteiger partial charge is 0.480 e. The molecule has 0 rings (SSSR count). The zero-order valence-electron chi connectivity index (χ0n) is 10.2. The summed E-state index contributed by atoms with van der Waals surface area (Å²) in [6.07, 6.45) is 0.160. The van der Waals surface area contributed by atoms with Crippen LogP contribution in [0.3, 0.4) is 0 Å². The monoisotopic (exact) mass is 245 g/mol. The third kappa shape index (κ3) is 8.06. The van der Waals surface area contributed by atoms with Crippen molar-refractivity contribution in [3.8, 4) is 0 Å². The van der Waals surface area contributed by atoms with E-state index in [2.05, 4.69) is 16.0 Å². The Morgan fingerprint density at radius 2 is 1.71 bits per heavy atom. The Kier molecular flexibility index (Phi) is 6.69. The molecule has 1 atom stereocenters. The van der Waals surface area contributed by atoms with Gasteiger partial charge in [-0.3, -0.25) is 9.59 Å². The summed E-state index contributed by atoms with van der Waals surface area (Å²) in [6.45, 7) is 5.20. The normalized spacial score (nSPS) is 11.8. The predicted molar refractivity (Wildman–Crippen MR) is 61.5 cm³/mol. The third-order valence-corrected chi connectivity index (χ3v) is 1.81. The molecule has 0 aromatic heterocycles. The van der Waals surface area contributed by atoms with E-state index in [-0.39, 0.29) is 24.9 Å². The molecule has 0 aliphatic heterocycles. The molecule has 0 bridgehead atoms. The lowest BCUT2D eigenvalue weighted by Gasteiger charge is -2.11. The minimum Gasteiger partial charge on any atom is -0.480 e. The van der Waals surface area contributed by atoms with Crippen LogP contribution < -0.4 is 16.0 Å². The average molecular weight is 245 g/mol. The number of carboxylic acid groups (broad SMARTS) is 1. The lowest BCUT2D eigenvalue weighted by atomic mass is 10.3. The van der Waals surface area contributed by atoms with Gasteiger partial charge in [0, 0.05) is 19.0 Å². The molecule has 7 heteroatoms. The molecule has 0 spiro atoms. The summed E-state index contributed by atoms with van der Waals surface area (Å²) in [4.78, 5) is 32.8. The summed E-state index contributed by atoms with van der Waals surface area (Å²) >= 11 is 0. The van der Waals surface area contributed by atoms with Crippen molar-refractivity contribution in [2.45, 2.75) is 39.3 Å². The van der Waals surface area contributed by atoms with Crippen LogP contribution >= 0.6 is 0 Å². The van der Waals surface area contributed by atoms with E-state index in [1.807, 2.05) is 13.8 Å². The van der Waals surface area contributed by atoms with Gasteiger partial charge in [0.1, 0.15) is 6.04 Å². The highest BCUT2D eigenvalue weighted by Crippen LogP contribution is 1.84. The van der Waals surface area contributed by atoms with Crippen molar-refractivity contribution in [3.63, 3.8) is 0 Å². The number of carbonyl (C=O) groups excluding carboxylic acids is 2. The summed E-state index contributed by atoms with van der Waals surface area (Å²) in [7, 11) is 0. The van der Waals surface area contributed by atoms with Gasteiger partial charge in [0.15, 0.2) is 0 Å². The number of aliphatic carboxylic acids is 1. The maximum Gasteiger partial charge on any atom is 0.325 e. The summed E-state index contributed by atoms with van der Waals surface area (Å²) in [6, 6.07) is -1.50. The van der Waals surface area contributed by atoms with Crippen molar-refractivity contribution < 1.29 is 19.5 Å². The number of rotatable bonds is 6. The third-order valence-electron chi connectivity index (χ3n) is 1.81. The molecule has 0 aliphatic carbocycles. The predicted octanol–water partition coefficient (Wildman–Crippen LogP) is -0.327. The second kappa shape index (κ2) is 7.48. The molecule has 7 nitrogen and oxygen atoms in total. The number of nitrogens with one attached hydrogen (secondary N) is 3. The van der Waals surface area contributed by atoms with Crippen LogP contribution in [0.5, 0.6) is 0 Å². The lowest BCUT2D eigenvalue weighted by Crippen LogP contribution is -2.45. The Labute approximate surface area is 100.0 Å². The van der Waals surface area contributed by atoms with Crippen LogP contribution in [-0.2, 0) is 9.59 Å². The highest BCUT2D eigenvalue weighted by molar-refractivity contribution is 5.82. The first-order valence-electron chi connectivity index (χ1n) is 5.39. The van der Waals surface area contributed by atoms with Crippen molar-refractivity contribution in [1.82, 2.24) is 16.0 Å². The van der Waals surface area contributed by atoms with Crippen molar-refractivity contribution in [3.05, 3.63) is 0 Å². The smallest absolute Gasteiger partial charge is 0.325 e. The fourth-order valence-electron chi connectivity index (χ4n) is 0.993. The number of carbonyl (C=O) groups is 3. The maximum absolute atomic E-state index is 11.2. The molecule has 4 N–H and O–H groups in total. The van der Waals surface area contributed by atoms with Crippen molar-refractivity contribution in [1.29, 1.82) is 0 Å². The van der Waals surface area contributed by atoms with Crippen LogP contribution in [0.15, 0.2) is 0 Å². The van der Waals surface area contributed by atoms with E-state index in [1.165, 1.54) is 6.92 Å². The number of hydrogen-bond acceptors (Lipinski definition) is 3. The molecular weight excluding hydrogens is 226 g/mol. The van der Waals surface area contributed by atoms with Gasteiger partial charge in [-0.15, -0.1) is 0 Å². The summed E-state index contributed by atoms with van der Waals surface area (Å²) in [5.74, 6) is -1.27. The SMILES string of the molecule is CC(C)NC(=O)CCNC(=O)N[C@@H](C)C(=O)O. The molecule has 0 aromatic rings. The fraction of sp³-hybridized carbons (Fsp3) is 0.700. The quantitative estimate of drug-likeness (QED) is 0.514. The Balaban J connectivity index is 3.71. The van der Waals surface area contributed by atoms with Crippen LogP contribution in [0.2, 0.25) is 0 Å². The van der Waals surface area contributed by atoms with Crippen LogP contribution in [0.25, 0.3) is 0 Å². The molecular formula is C10H19N3O4. The molecule has 0 aliphatic rings. The first-order valence-corrected chi connectivity index (χ1v) is 5.39. The van der Waals surface area contributed by atoms with Crippen molar-refractivity contribution in [2.24, 2.45) is 0 Å². The second-order valence-electron chi connectivity index (χ2n) is 3.93. The Morgan fingerprint density at radius 1 is 1.12 bits per heavy atom. The maximum atomic E-state index is 11.2. The molecule has 98 valence electrons. The topological polar surface area (TPSA) is 108 Å². The lowest BCUT2D eigenvalue weighted by molar-refractivity contribution is -0.138. The van der Waals surface area contributed by atoms with E-state index in [4.69, 9.17) is 5.11 Å². The van der Waals surface area contributed by atoms with Gasteiger partial charge in [-0.05, 0) is 20.8 Å². The van der Waals surface area contributed by atoms with E-state index in [9.17, 15) is 14.4 Å². The highest BCUT2D eigenvalue weighted by Gasteiger charge is 2.13. The van der Waals surface area contributed by atoms with Gasteiger partial charge in [-0.25, -0.2) is 4.79 Å². The van der Waals surface area contributed by atoms with Crippen LogP contribution in [0.1, 0.15) is 27.2 Å². The van der Waals surface area contributed by atoms with Gasteiger partial charge < -0.3 is 21.1 Å². The first kappa shape index (κ1) is 15.2. The minimum absolute atomic E-state index is 0.0587. The summed E-state index contributed by atoms with van der Waals surface area (Å²) in [5.41, 5.74) is 0. The van der Waals surface area contributed by atoms with Gasteiger partial charge >= 0.3 is 12.0 Å². The minimum atomic E-state index is -1.11. The van der Waals surface area contributed by atoms with E-state index in [1.54, 1.807) is 0 Å². The van der Waals surface area contributed by atoms with Crippen LogP contribution in [0, 0.1) is 0 Å². The highest BCUT2D eigenvalue weighted by atomic mass is 16.4. The Bertz CT molecular complexity index is 291. The molecule has 3 amide bonds. The number of urea groups is 1. The molecule has 0 radical (unpaired) electrons. The van der Waals surface area contributed by atoms with Gasteiger partial charge in [0.2, 0.25) is 5.91 Å². The van der Waals surface area contributed by atoms with Crippen LogP contribution in [-0.4, -0.2) is 41.6 Å². The first-order chi connectivity index (χ1) is 7.82. The molecule has 0 saturated carbocycles. The van der Waals surface area contributed by atoms with E-state index < -0.39 is 18.0 Å². The van der Waals surface area contributed by atoms with Gasteiger partial charge in [-0.1, -0.05) is 0 Å². The summed E-state index contributed by atoms with van der Waals surface area (Å²) in [5, 5.41) is 15.8. The van der Waals surface area contributed by atoms with Crippen molar-refractivity contribution >= 4 is 17.9 Å². The molecule has 0 heterocycles. The molecule has 17 heavy (non-hydrogen) atoms. The molecule has 0 saturated heterocycles. The van der Waals surface area contributed by atoms with E-state index in [0.717, 1.165) is 0 Å². The number of carboxylic acids is 1. The number of amides is 3. The molecule has 0 aromatic carbocycles. The fourth-order valence-corrected chi connectivity index (χ4v) is 0.993. The molecule has 0 fully saturated rings. The standard InChI is InChI=1S/C10H19N3O4/c1-6(2)12-8(14)4-5-11-10(17)13-7(3)9(15)16/h6-7H,4-5H2,1-3H3,(H,12,14)(H,15,16)(H2,11,13,17)/t7-/m0/s1. The Morgan fingerprint density at radius 3 is 2.18 bits per heavy atom. The van der Waals surface area contributed by atoms with E-state index in [0.29, 0.717) is 0 Å². The number of hydrogen-bond donors (Lipinski definition) is 4. The zero-order valence-corrected chi connectivity index (χ0v) is 10.2. The Hall–Kier alpha value is -1.79. The van der Waals surface area contributed by atoms with Gasteiger partial charge in [-0.2, -0.15) is 0 Å². The van der Waals surface area contributed by atoms with Crippen molar-refractivity contribution in [2.75, 3.05) is 6.54 Å². The van der Waals surface area contributed by atoms with Crippen LogP contribution in [0.4, 0.5) is 4.79 Å². The average Bonchev–Trinajstić information content (AvgIpc) is 2.15.